The molecule has 5 rings (SSSR count). The molecule has 0 bridgehead atoms. The third-order valence-corrected chi connectivity index (χ3v) is 8.71. The van der Waals surface area contributed by atoms with Gasteiger partial charge in [0.15, 0.2) is 5.82 Å². The lowest BCUT2D eigenvalue weighted by Crippen LogP contribution is -2.42. The van der Waals surface area contributed by atoms with Crippen molar-refractivity contribution in [3.8, 4) is 5.75 Å². The lowest BCUT2D eigenvalue weighted by Gasteiger charge is -2.36. The highest BCUT2D eigenvalue weighted by atomic mass is 32.2. The Morgan fingerprint density at radius 3 is 2.50 bits per heavy atom. The predicted molar refractivity (Wildman–Crippen MR) is 142 cm³/mol. The summed E-state index contributed by atoms with van der Waals surface area (Å²) in [5.41, 5.74) is 0.523. The van der Waals surface area contributed by atoms with Crippen molar-refractivity contribution in [3.05, 3.63) is 75.9 Å². The lowest BCUT2D eigenvalue weighted by atomic mass is 9.94. The van der Waals surface area contributed by atoms with E-state index < -0.39 is 76.5 Å². The summed E-state index contributed by atoms with van der Waals surface area (Å²) in [6.45, 7) is 0.717. The molecule has 1 aromatic heterocycles. The maximum Gasteiger partial charge on any atom is 0.326 e. The Hall–Kier alpha value is -3.72. The van der Waals surface area contributed by atoms with E-state index in [0.717, 1.165) is 6.07 Å². The average molecular weight is 614 g/mol. The molecule has 2 aliphatic heterocycles. The van der Waals surface area contributed by atoms with Gasteiger partial charge in [0.25, 0.3) is 18.3 Å². The maximum absolute atomic E-state index is 16.2. The highest BCUT2D eigenvalue weighted by molar-refractivity contribution is 7.92. The number of nitrogens with zero attached hydrogens (tertiary/aromatic N) is 4. The van der Waals surface area contributed by atoms with Crippen LogP contribution in [0.4, 0.5) is 27.6 Å². The normalized spacial score (nSPS) is 17.9. The van der Waals surface area contributed by atoms with E-state index in [9.17, 15) is 22.0 Å². The molecule has 15 heteroatoms. The molecule has 0 atom stereocenters. The molecule has 9 nitrogen and oxygen atoms in total. The smallest absolute Gasteiger partial charge is 0.326 e. The van der Waals surface area contributed by atoms with Crippen molar-refractivity contribution < 1.29 is 39.9 Å². The van der Waals surface area contributed by atoms with Crippen LogP contribution in [0.25, 0.3) is 0 Å². The van der Waals surface area contributed by atoms with Gasteiger partial charge in [0.2, 0.25) is 0 Å². The summed E-state index contributed by atoms with van der Waals surface area (Å²) in [5.74, 6) is -6.14. The second kappa shape index (κ2) is 11.2. The SMILES string of the molecule is Cc1nn(CC(F)F)c(C)c1CCN1Cc2c(cc(OCc3ccccc3)c(N3CC(=O)NS3(=O)=O)c2F)C(F)(F)C1. The number of fused-ring (bicyclic) bond motifs is 1. The molecule has 0 radical (unpaired) electrons. The number of aryl methyl sites for hydroxylation is 1. The number of aromatic nitrogens is 2. The second-order valence-corrected chi connectivity index (χ2v) is 11.9. The first-order valence-corrected chi connectivity index (χ1v) is 14.5. The minimum absolute atomic E-state index is 0.0279. The van der Waals surface area contributed by atoms with Crippen molar-refractivity contribution in [2.75, 3.05) is 23.9 Å². The van der Waals surface area contributed by atoms with Gasteiger partial charge in [-0.05, 0) is 37.5 Å². The summed E-state index contributed by atoms with van der Waals surface area (Å²) in [7, 11) is -4.50. The minimum Gasteiger partial charge on any atom is -0.487 e. The molecule has 3 heterocycles. The number of carbonyl (C=O) groups is 1. The zero-order valence-electron chi connectivity index (χ0n) is 22.7. The summed E-state index contributed by atoms with van der Waals surface area (Å²) in [6.07, 6.45) is -2.42. The molecular weight excluding hydrogens is 585 g/mol. The van der Waals surface area contributed by atoms with Crippen LogP contribution in [0.15, 0.2) is 36.4 Å². The third kappa shape index (κ3) is 5.79. The summed E-state index contributed by atoms with van der Waals surface area (Å²) in [6, 6.07) is 9.52. The third-order valence-electron chi connectivity index (χ3n) is 7.33. The molecule has 1 N–H and O–H groups in total. The van der Waals surface area contributed by atoms with Gasteiger partial charge >= 0.3 is 10.2 Å². The average Bonchev–Trinajstić information content (AvgIpc) is 3.33. The van der Waals surface area contributed by atoms with Gasteiger partial charge in [0.1, 0.15) is 31.1 Å². The first-order valence-electron chi connectivity index (χ1n) is 13.0. The molecule has 226 valence electrons. The van der Waals surface area contributed by atoms with Crippen molar-refractivity contribution in [2.24, 2.45) is 0 Å². The number of hydrogen-bond acceptors (Lipinski definition) is 6. The van der Waals surface area contributed by atoms with Crippen LogP contribution < -0.4 is 13.8 Å². The molecule has 1 amide bonds. The quantitative estimate of drug-likeness (QED) is 0.369. The van der Waals surface area contributed by atoms with Crippen molar-refractivity contribution in [3.63, 3.8) is 0 Å². The number of hydrogen-bond donors (Lipinski definition) is 1. The molecule has 1 saturated heterocycles. The molecule has 1 fully saturated rings. The largest absolute Gasteiger partial charge is 0.487 e. The molecular formula is C27H28F5N5O4S. The van der Waals surface area contributed by atoms with Crippen molar-refractivity contribution >= 4 is 21.8 Å². The zero-order valence-corrected chi connectivity index (χ0v) is 23.5. The summed E-state index contributed by atoms with van der Waals surface area (Å²) in [4.78, 5) is 13.3. The van der Waals surface area contributed by atoms with Crippen LogP contribution in [0.5, 0.6) is 5.75 Å². The van der Waals surface area contributed by atoms with Crippen LogP contribution >= 0.6 is 0 Å². The number of anilines is 1. The number of ether oxygens (including phenoxy) is 1. The van der Waals surface area contributed by atoms with Crippen LogP contribution in [0.2, 0.25) is 0 Å². The Kier molecular flexibility index (Phi) is 7.91. The Bertz CT molecular complexity index is 1610. The van der Waals surface area contributed by atoms with Crippen LogP contribution in [-0.4, -0.2) is 55.1 Å². The van der Waals surface area contributed by atoms with Gasteiger partial charge < -0.3 is 4.74 Å². The van der Waals surface area contributed by atoms with Gasteiger partial charge in [-0.1, -0.05) is 30.3 Å². The standard InChI is InChI=1S/C27H28F5N5O4S/c1-16-19(17(2)36(33-16)12-23(28)29)8-9-35-11-20-21(27(31,32)15-35)10-22(41-14-18-6-4-3-5-7-18)26(25(20)30)37-13-24(38)34-42(37,39)40/h3-7,10,23H,8-9,11-15H2,1-2H3,(H,34,38). The molecule has 0 saturated carbocycles. The monoisotopic (exact) mass is 613 g/mol. The summed E-state index contributed by atoms with van der Waals surface area (Å²) < 4.78 is 108. The summed E-state index contributed by atoms with van der Waals surface area (Å²) in [5, 5.41) is 4.12. The lowest BCUT2D eigenvalue weighted by molar-refractivity contribution is -0.117. The van der Waals surface area contributed by atoms with Gasteiger partial charge in [-0.25, -0.2) is 22.2 Å². The van der Waals surface area contributed by atoms with E-state index in [2.05, 4.69) is 5.10 Å². The molecule has 42 heavy (non-hydrogen) atoms. The molecule has 2 aliphatic rings. The van der Waals surface area contributed by atoms with Gasteiger partial charge in [0, 0.05) is 29.9 Å². The first kappa shape index (κ1) is 29.8. The number of halogens is 5. The van der Waals surface area contributed by atoms with Gasteiger partial charge in [0.05, 0.1) is 12.2 Å². The van der Waals surface area contributed by atoms with Gasteiger partial charge in [-0.15, -0.1) is 0 Å². The van der Waals surface area contributed by atoms with Gasteiger partial charge in [-0.3, -0.25) is 14.4 Å². The van der Waals surface area contributed by atoms with E-state index >= 15 is 13.2 Å². The minimum atomic E-state index is -4.50. The Balaban J connectivity index is 1.48. The van der Waals surface area contributed by atoms with Crippen molar-refractivity contribution in [1.29, 1.82) is 0 Å². The predicted octanol–water partition coefficient (Wildman–Crippen LogP) is 3.81. The highest BCUT2D eigenvalue weighted by Gasteiger charge is 2.45. The number of benzene rings is 2. The molecule has 0 aliphatic carbocycles. The highest BCUT2D eigenvalue weighted by Crippen LogP contribution is 2.46. The second-order valence-electron chi connectivity index (χ2n) is 10.3. The summed E-state index contributed by atoms with van der Waals surface area (Å²) >= 11 is 0. The van der Waals surface area contributed by atoms with E-state index in [-0.39, 0.29) is 26.1 Å². The van der Waals surface area contributed by atoms with E-state index in [4.69, 9.17) is 4.74 Å². The van der Waals surface area contributed by atoms with Crippen molar-refractivity contribution in [2.45, 2.75) is 52.3 Å². The topological polar surface area (TPSA) is 96.8 Å². The molecule has 0 unspecified atom stereocenters. The van der Waals surface area contributed by atoms with E-state index in [1.807, 2.05) is 0 Å². The van der Waals surface area contributed by atoms with Crippen LogP contribution in [-0.2, 0) is 47.0 Å². The fourth-order valence-electron chi connectivity index (χ4n) is 5.34. The van der Waals surface area contributed by atoms with Crippen LogP contribution in [0.1, 0.15) is 33.6 Å². The number of carbonyl (C=O) groups excluding carboxylic acids is 1. The Morgan fingerprint density at radius 1 is 1.14 bits per heavy atom. The molecule has 0 spiro atoms. The fraction of sp³-hybridized carbons (Fsp3) is 0.407. The number of nitrogens with one attached hydrogen (secondary N) is 1. The fourth-order valence-corrected chi connectivity index (χ4v) is 6.50. The number of rotatable bonds is 9. The number of alkyl halides is 4. The maximum atomic E-state index is 16.2. The van der Waals surface area contributed by atoms with Crippen LogP contribution in [0.3, 0.4) is 0 Å². The van der Waals surface area contributed by atoms with E-state index in [1.54, 1.807) is 48.9 Å². The van der Waals surface area contributed by atoms with Crippen molar-refractivity contribution in [1.82, 2.24) is 19.4 Å². The number of amides is 1. The van der Waals surface area contributed by atoms with E-state index in [1.165, 1.54) is 9.58 Å². The molecule has 2 aromatic carbocycles. The molecule has 3 aromatic rings. The Morgan fingerprint density at radius 2 is 1.86 bits per heavy atom. The van der Waals surface area contributed by atoms with Crippen LogP contribution in [0, 0.1) is 19.7 Å². The Labute approximate surface area is 239 Å². The zero-order chi connectivity index (χ0) is 30.4. The van der Waals surface area contributed by atoms with E-state index in [0.29, 0.717) is 26.8 Å². The first-order chi connectivity index (χ1) is 19.8. The van der Waals surface area contributed by atoms with Gasteiger partial charge in [-0.2, -0.15) is 22.3 Å².